The number of hydrogen-bond acceptors (Lipinski definition) is 1. The van der Waals surface area contributed by atoms with Crippen molar-refractivity contribution in [2.75, 3.05) is 13.6 Å². The Kier molecular flexibility index (Phi) is 1.52. The maximum absolute atomic E-state index is 2.62. The summed E-state index contributed by atoms with van der Waals surface area (Å²) in [5.41, 5.74) is 0. The fourth-order valence-electron chi connectivity index (χ4n) is 4.00. The molecule has 1 heteroatoms. The van der Waals surface area contributed by atoms with Gasteiger partial charge in [-0.15, -0.1) is 0 Å². The predicted molar refractivity (Wildman–Crippen MR) is 50.0 cm³/mol. The molecule has 4 unspecified atom stereocenters. The zero-order chi connectivity index (χ0) is 8.13. The van der Waals surface area contributed by atoms with E-state index in [4.69, 9.17) is 0 Å². The van der Waals surface area contributed by atoms with E-state index in [0.29, 0.717) is 0 Å². The maximum atomic E-state index is 2.62. The molecule has 0 aromatic carbocycles. The number of likely N-dealkylation sites (tertiary alicyclic amines) is 1. The minimum atomic E-state index is 0.983. The molecular formula is C11H19N. The highest BCUT2D eigenvalue weighted by Gasteiger charge is 2.45. The van der Waals surface area contributed by atoms with Gasteiger partial charge in [0, 0.05) is 6.04 Å². The molecule has 3 rings (SSSR count). The lowest BCUT2D eigenvalue weighted by molar-refractivity contribution is 0.157. The Labute approximate surface area is 75.1 Å². The molecule has 0 N–H and O–H groups in total. The van der Waals surface area contributed by atoms with E-state index in [2.05, 4.69) is 11.9 Å². The van der Waals surface area contributed by atoms with Crippen LogP contribution in [0.15, 0.2) is 0 Å². The summed E-state index contributed by atoms with van der Waals surface area (Å²) in [4.78, 5) is 2.62. The second kappa shape index (κ2) is 2.47. The van der Waals surface area contributed by atoms with Gasteiger partial charge in [0.05, 0.1) is 0 Å². The fourth-order valence-corrected chi connectivity index (χ4v) is 4.00. The first-order valence-corrected chi connectivity index (χ1v) is 5.55. The van der Waals surface area contributed by atoms with Crippen LogP contribution in [0.4, 0.5) is 0 Å². The van der Waals surface area contributed by atoms with Crippen LogP contribution in [0.2, 0.25) is 0 Å². The van der Waals surface area contributed by atoms with Gasteiger partial charge in [0.25, 0.3) is 0 Å². The van der Waals surface area contributed by atoms with E-state index in [9.17, 15) is 0 Å². The van der Waals surface area contributed by atoms with Gasteiger partial charge in [0.2, 0.25) is 0 Å². The minimum absolute atomic E-state index is 0.983. The summed E-state index contributed by atoms with van der Waals surface area (Å²) in [7, 11) is 2.33. The van der Waals surface area contributed by atoms with Crippen LogP contribution < -0.4 is 0 Å². The summed E-state index contributed by atoms with van der Waals surface area (Å²) >= 11 is 0. The molecule has 0 spiro atoms. The van der Waals surface area contributed by atoms with Gasteiger partial charge < -0.3 is 4.90 Å². The van der Waals surface area contributed by atoms with Crippen LogP contribution in [0.1, 0.15) is 32.1 Å². The largest absolute Gasteiger partial charge is 0.303 e. The average Bonchev–Trinajstić information content (AvgIpc) is 2.61. The number of nitrogens with zero attached hydrogens (tertiary/aromatic N) is 1. The van der Waals surface area contributed by atoms with Crippen molar-refractivity contribution in [1.29, 1.82) is 0 Å². The van der Waals surface area contributed by atoms with E-state index in [-0.39, 0.29) is 0 Å². The lowest BCUT2D eigenvalue weighted by Gasteiger charge is -2.34. The lowest BCUT2D eigenvalue weighted by Crippen LogP contribution is -2.36. The second-order valence-electron chi connectivity index (χ2n) is 5.18. The third-order valence-electron chi connectivity index (χ3n) is 4.64. The summed E-state index contributed by atoms with van der Waals surface area (Å²) in [6.07, 6.45) is 7.70. The smallest absolute Gasteiger partial charge is 0.0126 e. The molecule has 0 aromatic heterocycles. The molecule has 0 radical (unpaired) electrons. The van der Waals surface area contributed by atoms with Crippen LogP contribution >= 0.6 is 0 Å². The fraction of sp³-hybridized carbons (Fsp3) is 1.00. The van der Waals surface area contributed by atoms with Crippen molar-refractivity contribution < 1.29 is 0 Å². The van der Waals surface area contributed by atoms with E-state index in [1.165, 1.54) is 19.4 Å². The molecule has 0 amide bonds. The molecule has 4 atom stereocenters. The van der Waals surface area contributed by atoms with E-state index in [1.807, 2.05) is 0 Å². The number of rotatable bonds is 0. The molecule has 2 bridgehead atoms. The quantitative estimate of drug-likeness (QED) is 0.531. The van der Waals surface area contributed by atoms with Crippen molar-refractivity contribution in [3.63, 3.8) is 0 Å². The van der Waals surface area contributed by atoms with Crippen molar-refractivity contribution in [1.82, 2.24) is 4.90 Å². The van der Waals surface area contributed by atoms with Crippen molar-refractivity contribution in [2.45, 2.75) is 38.1 Å². The van der Waals surface area contributed by atoms with E-state index in [1.54, 1.807) is 19.3 Å². The molecule has 1 saturated heterocycles. The first-order valence-electron chi connectivity index (χ1n) is 5.55. The highest BCUT2D eigenvalue weighted by atomic mass is 15.2. The van der Waals surface area contributed by atoms with Crippen LogP contribution in [-0.4, -0.2) is 24.5 Å². The third-order valence-corrected chi connectivity index (χ3v) is 4.64. The van der Waals surface area contributed by atoms with Crippen LogP contribution in [0.5, 0.6) is 0 Å². The van der Waals surface area contributed by atoms with Crippen molar-refractivity contribution in [3.8, 4) is 0 Å². The molecule has 68 valence electrons. The summed E-state index contributed by atoms with van der Waals surface area (Å²) < 4.78 is 0. The Morgan fingerprint density at radius 1 is 1.08 bits per heavy atom. The average molecular weight is 165 g/mol. The minimum Gasteiger partial charge on any atom is -0.303 e. The first kappa shape index (κ1) is 7.37. The van der Waals surface area contributed by atoms with Crippen LogP contribution in [0.3, 0.4) is 0 Å². The van der Waals surface area contributed by atoms with Crippen LogP contribution in [-0.2, 0) is 0 Å². The van der Waals surface area contributed by atoms with Gasteiger partial charge in [-0.05, 0) is 57.0 Å². The monoisotopic (exact) mass is 165 g/mol. The molecule has 0 aromatic rings. The number of hydrogen-bond donors (Lipinski definition) is 0. The topological polar surface area (TPSA) is 3.24 Å². The molecule has 3 fully saturated rings. The van der Waals surface area contributed by atoms with Crippen molar-refractivity contribution >= 4 is 0 Å². The SMILES string of the molecule is CN1CCC2C3CCC(C3)CC21. The summed E-state index contributed by atoms with van der Waals surface area (Å²) in [6.45, 7) is 1.37. The zero-order valence-corrected chi connectivity index (χ0v) is 8.00. The molecule has 2 aliphatic carbocycles. The van der Waals surface area contributed by atoms with Gasteiger partial charge >= 0.3 is 0 Å². The highest BCUT2D eigenvalue weighted by Crippen LogP contribution is 2.50. The second-order valence-corrected chi connectivity index (χ2v) is 5.18. The van der Waals surface area contributed by atoms with E-state index >= 15 is 0 Å². The van der Waals surface area contributed by atoms with Gasteiger partial charge in [0.15, 0.2) is 0 Å². The Morgan fingerprint density at radius 2 is 2.00 bits per heavy atom. The van der Waals surface area contributed by atoms with Crippen molar-refractivity contribution in [2.24, 2.45) is 17.8 Å². The van der Waals surface area contributed by atoms with Gasteiger partial charge in [-0.25, -0.2) is 0 Å². The first-order chi connectivity index (χ1) is 5.84. The van der Waals surface area contributed by atoms with Crippen LogP contribution in [0.25, 0.3) is 0 Å². The molecular weight excluding hydrogens is 146 g/mol. The van der Waals surface area contributed by atoms with E-state index in [0.717, 1.165) is 23.8 Å². The van der Waals surface area contributed by atoms with Gasteiger partial charge in [-0.2, -0.15) is 0 Å². The molecule has 1 heterocycles. The van der Waals surface area contributed by atoms with Gasteiger partial charge in [0.1, 0.15) is 0 Å². The summed E-state index contributed by atoms with van der Waals surface area (Å²) in [5.74, 6) is 3.32. The van der Waals surface area contributed by atoms with Gasteiger partial charge in [-0.3, -0.25) is 0 Å². The predicted octanol–water partition coefficient (Wildman–Crippen LogP) is 2.13. The Balaban J connectivity index is 1.85. The van der Waals surface area contributed by atoms with Crippen LogP contribution in [0, 0.1) is 17.8 Å². The Hall–Kier alpha value is -0.0400. The molecule has 1 aliphatic heterocycles. The third kappa shape index (κ3) is 0.891. The summed E-state index contributed by atoms with van der Waals surface area (Å²) in [5, 5.41) is 0. The number of fused-ring (bicyclic) bond motifs is 4. The zero-order valence-electron chi connectivity index (χ0n) is 8.00. The Bertz CT molecular complexity index is 189. The summed E-state index contributed by atoms with van der Waals surface area (Å²) in [6, 6.07) is 0.983. The standard InChI is InChI=1S/C11H19N/c1-12-5-4-10-9-3-2-8(6-9)7-11(10)12/h8-11H,2-7H2,1H3. The maximum Gasteiger partial charge on any atom is 0.0126 e. The highest BCUT2D eigenvalue weighted by molar-refractivity contribution is 4.98. The van der Waals surface area contributed by atoms with E-state index < -0.39 is 0 Å². The molecule has 3 aliphatic rings. The van der Waals surface area contributed by atoms with Gasteiger partial charge in [-0.1, -0.05) is 6.42 Å². The normalized spacial score (nSPS) is 52.8. The molecule has 1 nitrogen and oxygen atoms in total. The van der Waals surface area contributed by atoms with Crippen molar-refractivity contribution in [3.05, 3.63) is 0 Å². The lowest BCUT2D eigenvalue weighted by atomic mass is 9.77. The molecule has 2 saturated carbocycles. The molecule has 12 heavy (non-hydrogen) atoms. The Morgan fingerprint density at radius 3 is 2.92 bits per heavy atom.